The molecule has 0 saturated carbocycles. The van der Waals surface area contributed by atoms with Crippen LogP contribution >= 0.6 is 0 Å². The lowest BCUT2D eigenvalue weighted by Gasteiger charge is -2.08. The smallest absolute Gasteiger partial charge is 0.177 e. The minimum Gasteiger partial charge on any atom is -0.494 e. The van der Waals surface area contributed by atoms with Gasteiger partial charge in [-0.05, 0) is 38.5 Å². The highest BCUT2D eigenvalue weighted by Crippen LogP contribution is 2.29. The molecule has 0 spiro atoms. The number of benzene rings is 2. The van der Waals surface area contributed by atoms with E-state index in [1.54, 1.807) is 16.8 Å². The topological polar surface area (TPSA) is 64.9 Å². The number of halogens is 1. The average Bonchev–Trinajstić information content (AvgIpc) is 3.07. The first-order valence-electron chi connectivity index (χ1n) is 9.51. The highest BCUT2D eigenvalue weighted by molar-refractivity contribution is 5.92. The molecule has 148 valence electrons. The quantitative estimate of drug-likeness (QED) is 0.521. The van der Waals surface area contributed by atoms with E-state index in [1.807, 2.05) is 51.1 Å². The van der Waals surface area contributed by atoms with Gasteiger partial charge in [0, 0.05) is 12.6 Å². The zero-order chi connectivity index (χ0) is 20.4. The summed E-state index contributed by atoms with van der Waals surface area (Å²) in [6.07, 6.45) is 0. The Morgan fingerprint density at radius 1 is 1.07 bits per heavy atom. The van der Waals surface area contributed by atoms with Gasteiger partial charge >= 0.3 is 0 Å². The van der Waals surface area contributed by atoms with Crippen molar-refractivity contribution in [3.63, 3.8) is 0 Å². The number of aromatic nitrogens is 4. The van der Waals surface area contributed by atoms with Crippen molar-refractivity contribution in [3.8, 4) is 11.4 Å². The summed E-state index contributed by atoms with van der Waals surface area (Å²) in [5, 5.41) is 17.4. The van der Waals surface area contributed by atoms with E-state index in [1.165, 1.54) is 6.07 Å². The summed E-state index contributed by atoms with van der Waals surface area (Å²) >= 11 is 0. The lowest BCUT2D eigenvalue weighted by molar-refractivity contribution is 0.338. The van der Waals surface area contributed by atoms with Gasteiger partial charge in [0.25, 0.3) is 0 Å². The number of fused-ring (bicyclic) bond motifs is 1. The van der Waals surface area contributed by atoms with E-state index in [-0.39, 0.29) is 0 Å². The van der Waals surface area contributed by atoms with Crippen LogP contribution in [0.15, 0.2) is 48.5 Å². The molecule has 0 amide bonds. The number of hydrogen-bond acceptors (Lipinski definition) is 5. The maximum absolute atomic E-state index is 14.8. The van der Waals surface area contributed by atoms with Crippen LogP contribution in [-0.2, 0) is 6.54 Å². The number of aryl methyl sites for hydroxylation is 2. The Kier molecular flexibility index (Phi) is 5.12. The van der Waals surface area contributed by atoms with E-state index in [0.29, 0.717) is 35.9 Å². The van der Waals surface area contributed by atoms with E-state index < -0.39 is 5.82 Å². The Balaban J connectivity index is 1.75. The van der Waals surface area contributed by atoms with Crippen LogP contribution in [0, 0.1) is 19.7 Å². The van der Waals surface area contributed by atoms with Crippen molar-refractivity contribution >= 4 is 16.7 Å². The van der Waals surface area contributed by atoms with Gasteiger partial charge in [-0.2, -0.15) is 10.2 Å². The maximum Gasteiger partial charge on any atom is 0.177 e. The van der Waals surface area contributed by atoms with Gasteiger partial charge in [-0.25, -0.2) is 9.07 Å². The van der Waals surface area contributed by atoms with Gasteiger partial charge in [0.15, 0.2) is 11.6 Å². The molecule has 0 aliphatic carbocycles. The van der Waals surface area contributed by atoms with Gasteiger partial charge < -0.3 is 10.1 Å². The lowest BCUT2D eigenvalue weighted by Crippen LogP contribution is -2.04. The molecule has 4 aromatic rings. The molecule has 6 nitrogen and oxygen atoms in total. The van der Waals surface area contributed by atoms with E-state index >= 15 is 0 Å². The Morgan fingerprint density at radius 2 is 1.86 bits per heavy atom. The fourth-order valence-corrected chi connectivity index (χ4v) is 3.37. The van der Waals surface area contributed by atoms with Gasteiger partial charge in [0.2, 0.25) is 0 Å². The molecule has 2 aromatic heterocycles. The van der Waals surface area contributed by atoms with Crippen molar-refractivity contribution in [1.29, 1.82) is 0 Å². The average molecular weight is 391 g/mol. The summed E-state index contributed by atoms with van der Waals surface area (Å²) in [5.41, 5.74) is 3.70. The van der Waals surface area contributed by atoms with Crippen molar-refractivity contribution < 1.29 is 9.13 Å². The second-order valence-corrected chi connectivity index (χ2v) is 6.74. The molecule has 2 heterocycles. The number of hydrogen-bond donors (Lipinski definition) is 1. The van der Waals surface area contributed by atoms with Crippen molar-refractivity contribution in [2.45, 2.75) is 27.3 Å². The first-order valence-corrected chi connectivity index (χ1v) is 9.51. The second kappa shape index (κ2) is 7.87. The molecule has 29 heavy (non-hydrogen) atoms. The fourth-order valence-electron chi connectivity index (χ4n) is 3.37. The maximum atomic E-state index is 14.8. The SMILES string of the molecule is CCOc1ccc(-n2nc3c(NCc4ccccc4)nnc(C)c3c2C)c(F)c1. The first-order chi connectivity index (χ1) is 14.1. The molecule has 4 rings (SSSR count). The monoisotopic (exact) mass is 391 g/mol. The molecule has 7 heteroatoms. The zero-order valence-corrected chi connectivity index (χ0v) is 16.6. The van der Waals surface area contributed by atoms with Crippen LogP contribution in [-0.4, -0.2) is 26.6 Å². The van der Waals surface area contributed by atoms with Crippen molar-refractivity contribution in [3.05, 3.63) is 71.3 Å². The first kappa shape index (κ1) is 18.9. The minimum atomic E-state index is -0.399. The largest absolute Gasteiger partial charge is 0.494 e. The highest BCUT2D eigenvalue weighted by atomic mass is 19.1. The van der Waals surface area contributed by atoms with Crippen molar-refractivity contribution in [1.82, 2.24) is 20.0 Å². The van der Waals surface area contributed by atoms with Crippen LogP contribution < -0.4 is 10.1 Å². The molecule has 0 aliphatic rings. The normalized spacial score (nSPS) is 11.0. The third kappa shape index (κ3) is 3.63. The van der Waals surface area contributed by atoms with E-state index in [0.717, 1.165) is 22.3 Å². The molecular formula is C22H22FN5O. The van der Waals surface area contributed by atoms with Crippen LogP contribution in [0.2, 0.25) is 0 Å². The van der Waals surface area contributed by atoms with E-state index in [9.17, 15) is 4.39 Å². The van der Waals surface area contributed by atoms with E-state index in [2.05, 4.69) is 20.6 Å². The van der Waals surface area contributed by atoms with Gasteiger partial charge in [0.1, 0.15) is 17.0 Å². The third-order valence-corrected chi connectivity index (χ3v) is 4.76. The molecule has 0 saturated heterocycles. The summed E-state index contributed by atoms with van der Waals surface area (Å²) in [6, 6.07) is 14.8. The van der Waals surface area contributed by atoms with Crippen molar-refractivity contribution in [2.75, 3.05) is 11.9 Å². The molecule has 1 N–H and O–H groups in total. The van der Waals surface area contributed by atoms with Gasteiger partial charge in [-0.1, -0.05) is 30.3 Å². The third-order valence-electron chi connectivity index (χ3n) is 4.76. The van der Waals surface area contributed by atoms with Crippen LogP contribution in [0.3, 0.4) is 0 Å². The lowest BCUT2D eigenvalue weighted by atomic mass is 10.2. The predicted molar refractivity (Wildman–Crippen MR) is 111 cm³/mol. The van der Waals surface area contributed by atoms with E-state index in [4.69, 9.17) is 4.74 Å². The molecule has 2 aromatic carbocycles. The number of anilines is 1. The van der Waals surface area contributed by atoms with Gasteiger partial charge in [0.05, 0.1) is 23.4 Å². The molecule has 0 atom stereocenters. The van der Waals surface area contributed by atoms with Crippen LogP contribution in [0.4, 0.5) is 10.2 Å². The number of nitrogens with zero attached hydrogens (tertiary/aromatic N) is 4. The fraction of sp³-hybridized carbons (Fsp3) is 0.227. The van der Waals surface area contributed by atoms with Crippen molar-refractivity contribution in [2.24, 2.45) is 0 Å². The molecular weight excluding hydrogens is 369 g/mol. The van der Waals surface area contributed by atoms with Crippen LogP contribution in [0.25, 0.3) is 16.6 Å². The minimum absolute atomic E-state index is 0.357. The standard InChI is InChI=1S/C22H22FN5O/c1-4-29-17-10-11-19(18(23)12-17)28-15(3)20-14(2)25-26-22(21(20)27-28)24-13-16-8-6-5-7-9-16/h5-12H,4,13H2,1-3H3,(H,24,26). The Labute approximate surface area is 168 Å². The Morgan fingerprint density at radius 3 is 2.59 bits per heavy atom. The summed E-state index contributed by atoms with van der Waals surface area (Å²) in [5.74, 6) is 0.666. The zero-order valence-electron chi connectivity index (χ0n) is 16.6. The summed E-state index contributed by atoms with van der Waals surface area (Å²) in [6.45, 7) is 6.72. The molecule has 0 fully saturated rings. The number of nitrogens with one attached hydrogen (secondary N) is 1. The summed E-state index contributed by atoms with van der Waals surface area (Å²) in [4.78, 5) is 0. The highest BCUT2D eigenvalue weighted by Gasteiger charge is 2.18. The predicted octanol–water partition coefficient (Wildman–Crippen LogP) is 4.58. The molecule has 0 aliphatic heterocycles. The molecule has 0 unspecified atom stereocenters. The second-order valence-electron chi connectivity index (χ2n) is 6.74. The summed E-state index contributed by atoms with van der Waals surface area (Å²) < 4.78 is 21.7. The van der Waals surface area contributed by atoms with Crippen LogP contribution in [0.5, 0.6) is 5.75 Å². The summed E-state index contributed by atoms with van der Waals surface area (Å²) in [7, 11) is 0. The van der Waals surface area contributed by atoms with Gasteiger partial charge in [-0.3, -0.25) is 0 Å². The Bertz CT molecular complexity index is 1160. The number of rotatable bonds is 6. The Hall–Kier alpha value is -3.48. The molecule has 0 bridgehead atoms. The molecule has 0 radical (unpaired) electrons. The van der Waals surface area contributed by atoms with Crippen LogP contribution in [0.1, 0.15) is 23.9 Å². The number of ether oxygens (including phenoxy) is 1. The van der Waals surface area contributed by atoms with Gasteiger partial charge in [-0.15, -0.1) is 5.10 Å².